The lowest BCUT2D eigenvalue weighted by molar-refractivity contribution is -0.253. The zero-order chi connectivity index (χ0) is 7.68. The van der Waals surface area contributed by atoms with Crippen LogP contribution < -0.4 is 15.8 Å². The van der Waals surface area contributed by atoms with Crippen LogP contribution in [0.5, 0.6) is 0 Å². The van der Waals surface area contributed by atoms with E-state index in [9.17, 15) is 5.11 Å². The molecule has 0 spiro atoms. The highest BCUT2D eigenvalue weighted by atomic mass is 16.3. The van der Waals surface area contributed by atoms with E-state index in [0.29, 0.717) is 18.3 Å². The Kier molecular flexibility index (Phi) is 1.35. The van der Waals surface area contributed by atoms with Gasteiger partial charge in [0.2, 0.25) is 0 Å². The van der Waals surface area contributed by atoms with Gasteiger partial charge in [-0.2, -0.15) is 0 Å². The first kappa shape index (κ1) is 6.34. The molecule has 11 heavy (non-hydrogen) atoms. The predicted octanol–water partition coefficient (Wildman–Crippen LogP) is -1.43. The lowest BCUT2D eigenvalue weighted by Gasteiger charge is -2.12. The van der Waals surface area contributed by atoms with Crippen molar-refractivity contribution in [2.75, 3.05) is 6.54 Å². The SMILES string of the molecule is [O-]C1=c2ncccc2=NCC1. The van der Waals surface area contributed by atoms with Gasteiger partial charge in [-0.25, -0.2) is 0 Å². The number of rotatable bonds is 0. The predicted molar refractivity (Wildman–Crippen MR) is 37.9 cm³/mol. The number of aromatic nitrogens is 1. The summed E-state index contributed by atoms with van der Waals surface area (Å²) in [4.78, 5) is 8.12. The van der Waals surface area contributed by atoms with Crippen molar-refractivity contribution >= 4 is 5.76 Å². The van der Waals surface area contributed by atoms with Crippen LogP contribution in [0.25, 0.3) is 5.76 Å². The molecule has 0 radical (unpaired) electrons. The van der Waals surface area contributed by atoms with Crippen LogP contribution in [0.15, 0.2) is 23.3 Å². The number of pyridine rings is 1. The van der Waals surface area contributed by atoms with Gasteiger partial charge in [0, 0.05) is 12.7 Å². The highest BCUT2D eigenvalue weighted by molar-refractivity contribution is 5.30. The van der Waals surface area contributed by atoms with Crippen molar-refractivity contribution in [3.8, 4) is 0 Å². The second kappa shape index (κ2) is 2.34. The molecule has 0 N–H and O–H groups in total. The van der Waals surface area contributed by atoms with E-state index in [1.54, 1.807) is 12.3 Å². The van der Waals surface area contributed by atoms with E-state index in [4.69, 9.17) is 0 Å². The molecule has 3 nitrogen and oxygen atoms in total. The molecule has 0 unspecified atom stereocenters. The fourth-order valence-corrected chi connectivity index (χ4v) is 1.14. The fraction of sp³-hybridized carbons (Fsp3) is 0.250. The van der Waals surface area contributed by atoms with E-state index in [-0.39, 0.29) is 5.76 Å². The first-order valence-corrected chi connectivity index (χ1v) is 3.53. The number of hydrogen-bond acceptors (Lipinski definition) is 3. The third kappa shape index (κ3) is 0.981. The van der Waals surface area contributed by atoms with Crippen molar-refractivity contribution in [3.63, 3.8) is 0 Å². The molecule has 2 rings (SSSR count). The summed E-state index contributed by atoms with van der Waals surface area (Å²) in [6.07, 6.45) is 2.13. The third-order valence-electron chi connectivity index (χ3n) is 1.67. The van der Waals surface area contributed by atoms with Gasteiger partial charge in [-0.3, -0.25) is 9.98 Å². The van der Waals surface area contributed by atoms with Crippen LogP contribution in [0.4, 0.5) is 0 Å². The number of hydrogen-bond donors (Lipinski definition) is 0. The van der Waals surface area contributed by atoms with Crippen molar-refractivity contribution in [2.45, 2.75) is 6.42 Å². The molecule has 0 fully saturated rings. The average molecular weight is 147 g/mol. The maximum absolute atomic E-state index is 11.2. The van der Waals surface area contributed by atoms with Crippen LogP contribution in [0, 0.1) is 0 Å². The quantitative estimate of drug-likeness (QED) is 0.452. The van der Waals surface area contributed by atoms with Crippen molar-refractivity contribution in [2.24, 2.45) is 4.99 Å². The van der Waals surface area contributed by atoms with Crippen LogP contribution in [0.1, 0.15) is 6.42 Å². The second-order valence-corrected chi connectivity index (χ2v) is 2.43. The maximum atomic E-state index is 11.2. The summed E-state index contributed by atoms with van der Waals surface area (Å²) in [6, 6.07) is 3.61. The summed E-state index contributed by atoms with van der Waals surface area (Å²) < 4.78 is 0. The van der Waals surface area contributed by atoms with E-state index < -0.39 is 0 Å². The van der Waals surface area contributed by atoms with E-state index >= 15 is 0 Å². The number of fused-ring (bicyclic) bond motifs is 1. The highest BCUT2D eigenvalue weighted by Gasteiger charge is 1.95. The van der Waals surface area contributed by atoms with E-state index in [1.807, 2.05) is 6.07 Å². The minimum absolute atomic E-state index is 0.107. The third-order valence-corrected chi connectivity index (χ3v) is 1.67. The summed E-state index contributed by atoms with van der Waals surface area (Å²) in [7, 11) is 0. The molecule has 1 aromatic rings. The molecule has 0 saturated carbocycles. The minimum Gasteiger partial charge on any atom is -0.874 e. The standard InChI is InChI=1S/C8H8N2O/c11-7-3-5-9-6-2-1-4-10-8(6)7/h1-2,4,11H,3,5H2/p-1. The average Bonchev–Trinajstić information content (AvgIpc) is 2.06. The molecular formula is C8H7N2O-. The van der Waals surface area contributed by atoms with Gasteiger partial charge in [-0.1, -0.05) is 0 Å². The van der Waals surface area contributed by atoms with Crippen molar-refractivity contribution in [1.29, 1.82) is 0 Å². The Morgan fingerprint density at radius 3 is 3.18 bits per heavy atom. The molecular weight excluding hydrogens is 140 g/mol. The smallest absolute Gasteiger partial charge is 0.0821 e. The first-order valence-electron chi connectivity index (χ1n) is 3.53. The molecule has 1 aliphatic rings. The molecule has 0 bridgehead atoms. The van der Waals surface area contributed by atoms with Crippen molar-refractivity contribution in [3.05, 3.63) is 29.0 Å². The zero-order valence-corrected chi connectivity index (χ0v) is 5.95. The Labute approximate surface area is 63.7 Å². The lowest BCUT2D eigenvalue weighted by Crippen LogP contribution is -2.37. The van der Waals surface area contributed by atoms with Crippen LogP contribution in [0.3, 0.4) is 0 Å². The maximum Gasteiger partial charge on any atom is 0.0821 e. The molecule has 3 heteroatoms. The largest absolute Gasteiger partial charge is 0.874 e. The van der Waals surface area contributed by atoms with Gasteiger partial charge in [0.05, 0.1) is 10.7 Å². The summed E-state index contributed by atoms with van der Waals surface area (Å²) in [6.45, 7) is 0.609. The van der Waals surface area contributed by atoms with Gasteiger partial charge in [0.1, 0.15) is 0 Å². The van der Waals surface area contributed by atoms with Gasteiger partial charge in [-0.15, -0.1) is 5.76 Å². The Morgan fingerprint density at radius 2 is 2.36 bits per heavy atom. The topological polar surface area (TPSA) is 48.3 Å². The molecule has 0 amide bonds. The Bertz CT molecular complexity index is 383. The van der Waals surface area contributed by atoms with Gasteiger partial charge in [-0.05, 0) is 18.6 Å². The molecule has 1 aliphatic heterocycles. The van der Waals surface area contributed by atoms with Crippen LogP contribution in [-0.4, -0.2) is 11.5 Å². The molecule has 0 saturated heterocycles. The highest BCUT2D eigenvalue weighted by Crippen LogP contribution is 1.91. The van der Waals surface area contributed by atoms with Gasteiger partial charge < -0.3 is 5.11 Å². The van der Waals surface area contributed by atoms with Gasteiger partial charge in [0.15, 0.2) is 0 Å². The second-order valence-electron chi connectivity index (χ2n) is 2.43. The first-order chi connectivity index (χ1) is 5.38. The fourth-order valence-electron chi connectivity index (χ4n) is 1.14. The van der Waals surface area contributed by atoms with Crippen LogP contribution >= 0.6 is 0 Å². The minimum atomic E-state index is 0.107. The Hall–Kier alpha value is -1.38. The lowest BCUT2D eigenvalue weighted by atomic mass is 10.2. The molecule has 0 atom stereocenters. The van der Waals surface area contributed by atoms with Crippen LogP contribution in [-0.2, 0) is 0 Å². The zero-order valence-electron chi connectivity index (χ0n) is 5.95. The Morgan fingerprint density at radius 1 is 1.45 bits per heavy atom. The van der Waals surface area contributed by atoms with Crippen LogP contribution in [0.2, 0.25) is 0 Å². The summed E-state index contributed by atoms with van der Waals surface area (Å²) in [5.74, 6) is 0.107. The monoisotopic (exact) mass is 147 g/mol. The summed E-state index contributed by atoms with van der Waals surface area (Å²) in [5, 5.41) is 12.4. The molecule has 0 aromatic carbocycles. The molecule has 1 aromatic heterocycles. The number of nitrogens with zero attached hydrogens (tertiary/aromatic N) is 2. The van der Waals surface area contributed by atoms with Gasteiger partial charge in [0.25, 0.3) is 0 Å². The Balaban J connectivity index is 2.89. The molecule has 0 aliphatic carbocycles. The van der Waals surface area contributed by atoms with E-state index in [2.05, 4.69) is 9.98 Å². The molecule has 2 heterocycles. The summed E-state index contributed by atoms with van der Waals surface area (Å²) >= 11 is 0. The van der Waals surface area contributed by atoms with Crippen molar-refractivity contribution in [1.82, 2.24) is 4.98 Å². The van der Waals surface area contributed by atoms with Gasteiger partial charge >= 0.3 is 0 Å². The van der Waals surface area contributed by atoms with E-state index in [1.165, 1.54) is 0 Å². The summed E-state index contributed by atoms with van der Waals surface area (Å²) in [5.41, 5.74) is 0. The normalized spacial score (nSPS) is 15.5. The van der Waals surface area contributed by atoms with E-state index in [0.717, 1.165) is 5.36 Å². The molecule has 56 valence electrons. The van der Waals surface area contributed by atoms with Crippen molar-refractivity contribution < 1.29 is 5.11 Å².